The second-order valence-electron chi connectivity index (χ2n) is 5.27. The molecule has 2 N–H and O–H groups in total. The maximum atomic E-state index is 11.1. The van der Waals surface area contributed by atoms with E-state index in [0.717, 1.165) is 19.4 Å². The van der Waals surface area contributed by atoms with Crippen LogP contribution in [0.5, 0.6) is 0 Å². The van der Waals surface area contributed by atoms with Crippen molar-refractivity contribution in [1.82, 2.24) is 4.90 Å². The Hall–Kier alpha value is -0.920. The zero-order chi connectivity index (χ0) is 15.4. The van der Waals surface area contributed by atoms with Crippen LogP contribution in [0.3, 0.4) is 0 Å². The lowest BCUT2D eigenvalue weighted by Gasteiger charge is -2.38. The summed E-state index contributed by atoms with van der Waals surface area (Å²) >= 11 is 5.97. The first-order valence-electron chi connectivity index (χ1n) is 6.95. The molecule has 0 radical (unpaired) electrons. The molecule has 8 heteroatoms. The molecule has 1 aliphatic heterocycles. The van der Waals surface area contributed by atoms with E-state index in [2.05, 4.69) is 4.90 Å². The quantitative estimate of drug-likeness (QED) is 0.652. The van der Waals surface area contributed by atoms with Gasteiger partial charge in [0.1, 0.15) is 0 Å². The molecule has 22 heavy (non-hydrogen) atoms. The standard InChI is InChI=1S/C14H20ClN3O3.ClH/c1-21-13-4-5-17(12(7-13)8-16)9-10-6-11(15)2-3-14(10)18(19)20;/h2-3,6,12-13H,4-5,7-9,16H2,1H3;1H. The Bertz CT molecular complexity index is 516. The van der Waals surface area contributed by atoms with Crippen molar-refractivity contribution in [1.29, 1.82) is 0 Å². The molecule has 2 atom stereocenters. The van der Waals surface area contributed by atoms with E-state index in [1.807, 2.05) is 0 Å². The Morgan fingerprint density at radius 1 is 1.55 bits per heavy atom. The minimum atomic E-state index is -0.370. The van der Waals surface area contributed by atoms with Crippen molar-refractivity contribution in [3.05, 3.63) is 38.9 Å². The number of ether oxygens (including phenoxy) is 1. The minimum absolute atomic E-state index is 0. The van der Waals surface area contributed by atoms with Crippen LogP contribution in [0.2, 0.25) is 5.02 Å². The van der Waals surface area contributed by atoms with E-state index >= 15 is 0 Å². The number of likely N-dealkylation sites (tertiary alicyclic amines) is 1. The maximum absolute atomic E-state index is 11.1. The van der Waals surface area contributed by atoms with E-state index in [1.165, 1.54) is 6.07 Å². The number of nitro benzene ring substituents is 1. The van der Waals surface area contributed by atoms with Gasteiger partial charge in [-0.1, -0.05) is 11.6 Å². The minimum Gasteiger partial charge on any atom is -0.381 e. The molecule has 1 aromatic rings. The summed E-state index contributed by atoms with van der Waals surface area (Å²) in [5, 5.41) is 11.6. The number of benzene rings is 1. The van der Waals surface area contributed by atoms with Crippen LogP contribution in [0.25, 0.3) is 0 Å². The van der Waals surface area contributed by atoms with Gasteiger partial charge in [-0.05, 0) is 25.0 Å². The molecule has 2 unspecified atom stereocenters. The summed E-state index contributed by atoms with van der Waals surface area (Å²) < 4.78 is 5.39. The lowest BCUT2D eigenvalue weighted by Crippen LogP contribution is -2.48. The number of piperidine rings is 1. The zero-order valence-corrected chi connectivity index (χ0v) is 14.0. The number of halogens is 2. The van der Waals surface area contributed by atoms with Crippen molar-refractivity contribution in [2.75, 3.05) is 20.2 Å². The molecule has 0 amide bonds. The highest BCUT2D eigenvalue weighted by atomic mass is 35.5. The highest BCUT2D eigenvalue weighted by Gasteiger charge is 2.29. The average Bonchev–Trinajstić information content (AvgIpc) is 2.47. The van der Waals surface area contributed by atoms with E-state index in [-0.39, 0.29) is 35.2 Å². The van der Waals surface area contributed by atoms with Crippen molar-refractivity contribution in [3.8, 4) is 0 Å². The van der Waals surface area contributed by atoms with Crippen LogP contribution >= 0.6 is 24.0 Å². The normalized spacial score (nSPS) is 22.1. The van der Waals surface area contributed by atoms with Gasteiger partial charge in [-0.15, -0.1) is 12.4 Å². The van der Waals surface area contributed by atoms with E-state index < -0.39 is 0 Å². The smallest absolute Gasteiger partial charge is 0.273 e. The van der Waals surface area contributed by atoms with Crippen LogP contribution in [-0.4, -0.2) is 42.2 Å². The molecule has 0 aromatic heterocycles. The molecule has 0 aliphatic carbocycles. The molecule has 0 spiro atoms. The van der Waals surface area contributed by atoms with Crippen molar-refractivity contribution < 1.29 is 9.66 Å². The molecule has 1 aromatic carbocycles. The average molecular weight is 350 g/mol. The fourth-order valence-corrected chi connectivity index (χ4v) is 3.00. The summed E-state index contributed by atoms with van der Waals surface area (Å²) in [6.45, 7) is 1.80. The van der Waals surface area contributed by atoms with Gasteiger partial charge in [-0.3, -0.25) is 15.0 Å². The molecule has 1 heterocycles. The first kappa shape index (κ1) is 19.1. The third kappa shape index (κ3) is 4.54. The summed E-state index contributed by atoms with van der Waals surface area (Å²) in [5.74, 6) is 0. The molecule has 2 rings (SSSR count). The number of nitrogens with two attached hydrogens (primary N) is 1. The Morgan fingerprint density at radius 3 is 2.86 bits per heavy atom. The van der Waals surface area contributed by atoms with Crippen molar-refractivity contribution >= 4 is 29.7 Å². The lowest BCUT2D eigenvalue weighted by molar-refractivity contribution is -0.385. The van der Waals surface area contributed by atoms with Gasteiger partial charge >= 0.3 is 0 Å². The predicted molar refractivity (Wildman–Crippen MR) is 88.6 cm³/mol. The molecule has 6 nitrogen and oxygen atoms in total. The van der Waals surface area contributed by atoms with Gasteiger partial charge in [0, 0.05) is 49.4 Å². The van der Waals surface area contributed by atoms with Crippen LogP contribution in [0.15, 0.2) is 18.2 Å². The van der Waals surface area contributed by atoms with Gasteiger partial charge in [-0.2, -0.15) is 0 Å². The first-order valence-corrected chi connectivity index (χ1v) is 7.32. The molecule has 1 saturated heterocycles. The molecule has 0 saturated carbocycles. The predicted octanol–water partition coefficient (Wildman–Crippen LogP) is 2.61. The van der Waals surface area contributed by atoms with E-state index in [1.54, 1.807) is 19.2 Å². The molecular weight excluding hydrogens is 329 g/mol. The number of nitrogens with zero attached hydrogens (tertiary/aromatic N) is 2. The Labute approximate surface area is 141 Å². The second-order valence-corrected chi connectivity index (χ2v) is 5.71. The van der Waals surface area contributed by atoms with Crippen LogP contribution in [0, 0.1) is 10.1 Å². The maximum Gasteiger partial charge on any atom is 0.273 e. The third-order valence-electron chi connectivity index (χ3n) is 4.01. The van der Waals surface area contributed by atoms with E-state index in [9.17, 15) is 10.1 Å². The zero-order valence-electron chi connectivity index (χ0n) is 12.4. The highest BCUT2D eigenvalue weighted by Crippen LogP contribution is 2.27. The van der Waals surface area contributed by atoms with Crippen molar-refractivity contribution in [2.24, 2.45) is 5.73 Å². The summed E-state index contributed by atoms with van der Waals surface area (Å²) in [7, 11) is 1.70. The topological polar surface area (TPSA) is 81.6 Å². The lowest BCUT2D eigenvalue weighted by atomic mass is 9.98. The monoisotopic (exact) mass is 349 g/mol. The summed E-state index contributed by atoms with van der Waals surface area (Å²) in [4.78, 5) is 12.9. The molecule has 124 valence electrons. The Kier molecular flexibility index (Phi) is 7.52. The van der Waals surface area contributed by atoms with Crippen LogP contribution < -0.4 is 5.73 Å². The fourth-order valence-electron chi connectivity index (χ4n) is 2.81. The van der Waals surface area contributed by atoms with Gasteiger partial charge < -0.3 is 10.5 Å². The summed E-state index contributed by atoms with van der Waals surface area (Å²) in [6, 6.07) is 4.83. The van der Waals surface area contributed by atoms with Gasteiger partial charge in [-0.25, -0.2) is 0 Å². The fraction of sp³-hybridized carbons (Fsp3) is 0.571. The van der Waals surface area contributed by atoms with Gasteiger partial charge in [0.05, 0.1) is 11.0 Å². The number of rotatable bonds is 5. The molecular formula is C14H21Cl2N3O3. The Morgan fingerprint density at radius 2 is 2.27 bits per heavy atom. The van der Waals surface area contributed by atoms with Crippen LogP contribution in [0.1, 0.15) is 18.4 Å². The number of hydrogen-bond donors (Lipinski definition) is 1. The van der Waals surface area contributed by atoms with Gasteiger partial charge in [0.15, 0.2) is 0 Å². The van der Waals surface area contributed by atoms with Crippen LogP contribution in [-0.2, 0) is 11.3 Å². The van der Waals surface area contributed by atoms with E-state index in [0.29, 0.717) is 23.7 Å². The Balaban J connectivity index is 0.00000242. The molecule has 1 aliphatic rings. The first-order chi connectivity index (χ1) is 10.0. The van der Waals surface area contributed by atoms with Gasteiger partial charge in [0.2, 0.25) is 0 Å². The number of nitro groups is 1. The van der Waals surface area contributed by atoms with Crippen molar-refractivity contribution in [3.63, 3.8) is 0 Å². The SMILES string of the molecule is COC1CCN(Cc2cc(Cl)ccc2[N+](=O)[O-])C(CN)C1.Cl. The van der Waals surface area contributed by atoms with Gasteiger partial charge in [0.25, 0.3) is 5.69 Å². The molecule has 1 fully saturated rings. The largest absolute Gasteiger partial charge is 0.381 e. The van der Waals surface area contributed by atoms with E-state index in [4.69, 9.17) is 22.1 Å². The second kappa shape index (κ2) is 8.64. The number of hydrogen-bond acceptors (Lipinski definition) is 5. The summed E-state index contributed by atoms with van der Waals surface area (Å²) in [6.07, 6.45) is 1.96. The summed E-state index contributed by atoms with van der Waals surface area (Å²) in [5.41, 5.74) is 6.56. The van der Waals surface area contributed by atoms with Crippen molar-refractivity contribution in [2.45, 2.75) is 31.5 Å². The highest BCUT2D eigenvalue weighted by molar-refractivity contribution is 6.30. The molecule has 0 bridgehead atoms. The number of methoxy groups -OCH3 is 1. The third-order valence-corrected chi connectivity index (χ3v) is 4.24. The van der Waals surface area contributed by atoms with Crippen LogP contribution in [0.4, 0.5) is 5.69 Å².